The third-order valence-corrected chi connectivity index (χ3v) is 7.14. The third-order valence-electron chi connectivity index (χ3n) is 5.32. The number of carbonyl (C=O) groups excluding carboxylic acids is 1. The van der Waals surface area contributed by atoms with E-state index < -0.39 is 15.7 Å². The lowest BCUT2D eigenvalue weighted by atomic mass is 9.95. The molecule has 2 aliphatic rings. The Morgan fingerprint density at radius 3 is 2.33 bits per heavy atom. The second-order valence-corrected chi connectivity index (χ2v) is 9.29. The summed E-state index contributed by atoms with van der Waals surface area (Å²) in [5.41, 5.74) is 0. The van der Waals surface area contributed by atoms with Crippen LogP contribution in [0.4, 0.5) is 4.39 Å². The maximum absolute atomic E-state index is 12.9. The van der Waals surface area contributed by atoms with Crippen molar-refractivity contribution in [3.63, 3.8) is 0 Å². The van der Waals surface area contributed by atoms with Gasteiger partial charge in [-0.25, -0.2) is 12.8 Å². The fourth-order valence-electron chi connectivity index (χ4n) is 3.68. The Bertz CT molecular complexity index is 725. The number of carbonyl (C=O) groups is 1. The summed E-state index contributed by atoms with van der Waals surface area (Å²) in [5.74, 6) is -0.0896. The van der Waals surface area contributed by atoms with Gasteiger partial charge in [-0.3, -0.25) is 4.79 Å². The molecule has 1 aromatic carbocycles. The van der Waals surface area contributed by atoms with Crippen molar-refractivity contribution < 1.29 is 22.3 Å². The van der Waals surface area contributed by atoms with Gasteiger partial charge in [0.2, 0.25) is 5.91 Å². The SMILES string of the molecule is O=C(C1CCN(CCCS(=O)(=O)c2ccc(F)cc2)CC1)N1CCOCC1. The highest BCUT2D eigenvalue weighted by Gasteiger charge is 2.29. The van der Waals surface area contributed by atoms with Crippen LogP contribution in [0.5, 0.6) is 0 Å². The quantitative estimate of drug-likeness (QED) is 0.681. The van der Waals surface area contributed by atoms with Gasteiger partial charge in [0.05, 0.1) is 23.9 Å². The van der Waals surface area contributed by atoms with Crippen LogP contribution in [0, 0.1) is 11.7 Å². The van der Waals surface area contributed by atoms with E-state index in [9.17, 15) is 17.6 Å². The predicted molar refractivity (Wildman–Crippen MR) is 99.6 cm³/mol. The smallest absolute Gasteiger partial charge is 0.225 e. The van der Waals surface area contributed by atoms with Gasteiger partial charge in [-0.2, -0.15) is 0 Å². The minimum atomic E-state index is -3.38. The van der Waals surface area contributed by atoms with Crippen molar-refractivity contribution in [1.82, 2.24) is 9.80 Å². The summed E-state index contributed by atoms with van der Waals surface area (Å²) >= 11 is 0. The van der Waals surface area contributed by atoms with Gasteiger partial charge in [0, 0.05) is 19.0 Å². The van der Waals surface area contributed by atoms with Crippen molar-refractivity contribution in [2.75, 3.05) is 51.7 Å². The summed E-state index contributed by atoms with van der Waals surface area (Å²) in [5, 5.41) is 0. The molecule has 2 heterocycles. The maximum Gasteiger partial charge on any atom is 0.225 e. The Morgan fingerprint density at radius 1 is 1.07 bits per heavy atom. The molecule has 0 unspecified atom stereocenters. The van der Waals surface area contributed by atoms with Crippen LogP contribution in [0.3, 0.4) is 0 Å². The Morgan fingerprint density at radius 2 is 1.70 bits per heavy atom. The molecular formula is C19H27FN2O4S. The van der Waals surface area contributed by atoms with Crippen molar-refractivity contribution in [2.24, 2.45) is 5.92 Å². The van der Waals surface area contributed by atoms with Crippen LogP contribution in [-0.4, -0.2) is 75.8 Å². The van der Waals surface area contributed by atoms with Gasteiger partial charge in [0.15, 0.2) is 9.84 Å². The zero-order valence-corrected chi connectivity index (χ0v) is 16.3. The molecule has 0 radical (unpaired) electrons. The van der Waals surface area contributed by atoms with E-state index in [1.807, 2.05) is 4.90 Å². The first-order valence-corrected chi connectivity index (χ1v) is 11.2. The minimum Gasteiger partial charge on any atom is -0.378 e. The van der Waals surface area contributed by atoms with E-state index in [-0.39, 0.29) is 22.5 Å². The van der Waals surface area contributed by atoms with E-state index >= 15 is 0 Å². The standard InChI is InChI=1S/C19H27FN2O4S/c20-17-2-4-18(5-3-17)27(24,25)15-1-8-21-9-6-16(7-10-21)19(23)22-11-13-26-14-12-22/h2-5,16H,1,6-15H2. The van der Waals surface area contributed by atoms with Crippen LogP contribution in [0.15, 0.2) is 29.2 Å². The first-order chi connectivity index (χ1) is 13.0. The molecule has 2 fully saturated rings. The number of hydrogen-bond acceptors (Lipinski definition) is 5. The molecule has 0 N–H and O–H groups in total. The zero-order chi connectivity index (χ0) is 19.3. The number of piperidine rings is 1. The number of ether oxygens (including phenoxy) is 1. The number of morpholine rings is 1. The summed E-state index contributed by atoms with van der Waals surface area (Å²) < 4.78 is 42.8. The highest BCUT2D eigenvalue weighted by molar-refractivity contribution is 7.91. The van der Waals surface area contributed by atoms with Gasteiger partial charge in [0.25, 0.3) is 0 Å². The van der Waals surface area contributed by atoms with Crippen molar-refractivity contribution in [3.05, 3.63) is 30.1 Å². The van der Waals surface area contributed by atoms with Crippen LogP contribution >= 0.6 is 0 Å². The summed E-state index contributed by atoms with van der Waals surface area (Å²) in [4.78, 5) is 16.8. The molecule has 0 aromatic heterocycles. The molecule has 1 aromatic rings. The van der Waals surface area contributed by atoms with Crippen molar-refractivity contribution >= 4 is 15.7 Å². The Kier molecular flexibility index (Phi) is 6.83. The molecule has 0 bridgehead atoms. The van der Waals surface area contributed by atoms with Crippen molar-refractivity contribution in [2.45, 2.75) is 24.2 Å². The average Bonchev–Trinajstić information content (AvgIpc) is 2.69. The van der Waals surface area contributed by atoms with Gasteiger partial charge < -0.3 is 14.5 Å². The molecular weight excluding hydrogens is 371 g/mol. The zero-order valence-electron chi connectivity index (χ0n) is 15.5. The number of likely N-dealkylation sites (tertiary alicyclic amines) is 1. The Hall–Kier alpha value is -1.51. The van der Waals surface area contributed by atoms with Crippen LogP contribution in [0.2, 0.25) is 0 Å². The van der Waals surface area contributed by atoms with E-state index in [0.29, 0.717) is 39.3 Å². The van der Waals surface area contributed by atoms with Crippen molar-refractivity contribution in [1.29, 1.82) is 0 Å². The second kappa shape index (κ2) is 9.12. The fourth-order valence-corrected chi connectivity index (χ4v) is 4.98. The monoisotopic (exact) mass is 398 g/mol. The normalized spacial score (nSPS) is 20.0. The fraction of sp³-hybridized carbons (Fsp3) is 0.632. The number of sulfone groups is 1. The number of nitrogens with zero attached hydrogens (tertiary/aromatic N) is 2. The largest absolute Gasteiger partial charge is 0.378 e. The van der Waals surface area contributed by atoms with Crippen molar-refractivity contribution in [3.8, 4) is 0 Å². The topological polar surface area (TPSA) is 66.9 Å². The molecule has 150 valence electrons. The summed E-state index contributed by atoms with van der Waals surface area (Å²) in [6, 6.07) is 4.97. The maximum atomic E-state index is 12.9. The van der Waals surface area contributed by atoms with Gasteiger partial charge in [-0.05, 0) is 63.2 Å². The average molecular weight is 399 g/mol. The van der Waals surface area contributed by atoms with E-state index in [1.54, 1.807) is 0 Å². The number of halogens is 1. The Balaban J connectivity index is 1.40. The number of hydrogen-bond donors (Lipinski definition) is 0. The van der Waals surface area contributed by atoms with E-state index in [1.165, 1.54) is 24.3 Å². The number of rotatable bonds is 6. The molecule has 2 saturated heterocycles. The number of benzene rings is 1. The lowest BCUT2D eigenvalue weighted by Crippen LogP contribution is -2.46. The van der Waals surface area contributed by atoms with Gasteiger partial charge >= 0.3 is 0 Å². The third kappa shape index (κ3) is 5.49. The van der Waals surface area contributed by atoms with Crippen LogP contribution in [0.25, 0.3) is 0 Å². The molecule has 27 heavy (non-hydrogen) atoms. The van der Waals surface area contributed by atoms with Crippen LogP contribution < -0.4 is 0 Å². The van der Waals surface area contributed by atoms with Gasteiger partial charge in [0.1, 0.15) is 5.82 Å². The Labute approximate surface area is 160 Å². The first kappa shape index (κ1) is 20.2. The van der Waals surface area contributed by atoms with Crippen LogP contribution in [-0.2, 0) is 19.4 Å². The molecule has 0 atom stereocenters. The van der Waals surface area contributed by atoms with Gasteiger partial charge in [-0.1, -0.05) is 0 Å². The molecule has 6 nitrogen and oxygen atoms in total. The number of amides is 1. The van der Waals surface area contributed by atoms with E-state index in [2.05, 4.69) is 4.90 Å². The summed E-state index contributed by atoms with van der Waals surface area (Å²) in [7, 11) is -3.38. The lowest BCUT2D eigenvalue weighted by molar-refractivity contribution is -0.141. The van der Waals surface area contributed by atoms with E-state index in [4.69, 9.17) is 4.74 Å². The summed E-state index contributed by atoms with van der Waals surface area (Å²) in [6.07, 6.45) is 2.17. The van der Waals surface area contributed by atoms with E-state index in [0.717, 1.165) is 25.9 Å². The molecule has 8 heteroatoms. The predicted octanol–water partition coefficient (Wildman–Crippen LogP) is 1.56. The molecule has 2 aliphatic heterocycles. The van der Waals surface area contributed by atoms with Gasteiger partial charge in [-0.15, -0.1) is 0 Å². The molecule has 0 spiro atoms. The molecule has 0 saturated carbocycles. The second-order valence-electron chi connectivity index (χ2n) is 7.18. The summed E-state index contributed by atoms with van der Waals surface area (Å²) in [6.45, 7) is 4.92. The van der Waals surface area contributed by atoms with Crippen LogP contribution in [0.1, 0.15) is 19.3 Å². The highest BCUT2D eigenvalue weighted by Crippen LogP contribution is 2.21. The molecule has 0 aliphatic carbocycles. The lowest BCUT2D eigenvalue weighted by Gasteiger charge is -2.35. The molecule has 3 rings (SSSR count). The highest BCUT2D eigenvalue weighted by atomic mass is 32.2. The minimum absolute atomic E-state index is 0.0469. The first-order valence-electron chi connectivity index (χ1n) is 9.53. The molecule has 1 amide bonds.